The van der Waals surface area contributed by atoms with E-state index in [0.29, 0.717) is 22.2 Å². The van der Waals surface area contributed by atoms with Crippen molar-refractivity contribution in [1.82, 2.24) is 9.66 Å². The topological polar surface area (TPSA) is 138 Å². The van der Waals surface area contributed by atoms with E-state index in [1.807, 2.05) is 6.07 Å². The third-order valence-corrected chi connectivity index (χ3v) is 6.14. The number of carbonyl (C=O) groups is 1. The molecule has 43 heavy (non-hydrogen) atoms. The van der Waals surface area contributed by atoms with Crippen molar-refractivity contribution in [2.45, 2.75) is 6.92 Å². The Labute approximate surface area is 244 Å². The largest absolute Gasteiger partial charge is 0.490 e. The lowest BCUT2D eigenvalue weighted by Gasteiger charge is -2.13. The number of hydrogen-bond acceptors (Lipinski definition) is 8. The number of nitro groups is 1. The molecule has 0 radical (unpaired) electrons. The van der Waals surface area contributed by atoms with Gasteiger partial charge in [-0.05, 0) is 49.4 Å². The Balaban J connectivity index is 1.50. The van der Waals surface area contributed by atoms with Gasteiger partial charge in [-0.15, -0.1) is 0 Å². The van der Waals surface area contributed by atoms with Gasteiger partial charge in [-0.25, -0.2) is 9.37 Å². The zero-order valence-electron chi connectivity index (χ0n) is 22.8. The highest BCUT2D eigenvalue weighted by molar-refractivity contribution is 5.92. The van der Waals surface area contributed by atoms with Crippen molar-refractivity contribution < 1.29 is 23.6 Å². The first kappa shape index (κ1) is 28.6. The standard InChI is InChI=1S/C31H24FN5O6/c1-2-42-27-17-20(16-26(37(40)41)29(27)43-19-28(38)34-23-14-12-22(32)13-15-23)18-33-36-30(21-8-4-3-5-9-21)35-25-11-7-6-10-24(25)31(36)39/h3-18H,2,19H2,1H3,(H,34,38). The van der Waals surface area contributed by atoms with E-state index in [-0.39, 0.29) is 29.5 Å². The Kier molecular flexibility index (Phi) is 8.47. The van der Waals surface area contributed by atoms with Gasteiger partial charge in [0.25, 0.3) is 11.5 Å². The predicted octanol–water partition coefficient (Wildman–Crippen LogP) is 5.41. The lowest BCUT2D eigenvalue weighted by Crippen LogP contribution is -2.21. The molecule has 0 aliphatic carbocycles. The normalized spacial score (nSPS) is 11.0. The number of halogens is 1. The third kappa shape index (κ3) is 6.54. The van der Waals surface area contributed by atoms with E-state index in [1.54, 1.807) is 55.5 Å². The minimum absolute atomic E-state index is 0.00000145. The first-order valence-corrected chi connectivity index (χ1v) is 13.1. The van der Waals surface area contributed by atoms with E-state index in [2.05, 4.69) is 15.4 Å². The molecule has 1 amide bonds. The number of rotatable bonds is 10. The number of benzene rings is 4. The lowest BCUT2D eigenvalue weighted by molar-refractivity contribution is -0.385. The summed E-state index contributed by atoms with van der Waals surface area (Å²) in [5.41, 5.74) is 0.802. The Hall–Kier alpha value is -5.91. The Bertz CT molecular complexity index is 1890. The Morgan fingerprint density at radius 1 is 1.05 bits per heavy atom. The second-order valence-electron chi connectivity index (χ2n) is 9.08. The zero-order chi connectivity index (χ0) is 30.3. The number of carbonyl (C=O) groups excluding carboxylic acids is 1. The monoisotopic (exact) mass is 581 g/mol. The molecule has 0 fully saturated rings. The summed E-state index contributed by atoms with van der Waals surface area (Å²) in [6, 6.07) is 23.6. The van der Waals surface area contributed by atoms with Crippen molar-refractivity contribution in [3.63, 3.8) is 0 Å². The Morgan fingerprint density at radius 2 is 1.77 bits per heavy atom. The van der Waals surface area contributed by atoms with Crippen LogP contribution in [0.1, 0.15) is 12.5 Å². The Morgan fingerprint density at radius 3 is 2.49 bits per heavy atom. The van der Waals surface area contributed by atoms with Crippen molar-refractivity contribution in [2.75, 3.05) is 18.5 Å². The minimum Gasteiger partial charge on any atom is -0.490 e. The lowest BCUT2D eigenvalue weighted by atomic mass is 10.1. The van der Waals surface area contributed by atoms with Crippen molar-refractivity contribution >= 4 is 34.4 Å². The highest BCUT2D eigenvalue weighted by Crippen LogP contribution is 2.38. The number of fused-ring (bicyclic) bond motifs is 1. The van der Waals surface area contributed by atoms with Gasteiger partial charge >= 0.3 is 5.69 Å². The maximum Gasteiger partial charge on any atom is 0.315 e. The molecule has 0 unspecified atom stereocenters. The molecular weight excluding hydrogens is 557 g/mol. The number of para-hydroxylation sites is 1. The molecule has 1 heterocycles. The number of nitrogens with one attached hydrogen (secondary N) is 1. The van der Waals surface area contributed by atoms with Crippen LogP contribution in [0, 0.1) is 15.9 Å². The highest BCUT2D eigenvalue weighted by Gasteiger charge is 2.24. The van der Waals surface area contributed by atoms with E-state index in [0.717, 1.165) is 4.68 Å². The van der Waals surface area contributed by atoms with E-state index < -0.39 is 34.5 Å². The molecule has 0 atom stereocenters. The predicted molar refractivity (Wildman–Crippen MR) is 159 cm³/mol. The van der Waals surface area contributed by atoms with Gasteiger partial charge in [0.1, 0.15) is 5.82 Å². The molecule has 1 N–H and O–H groups in total. The molecule has 11 nitrogen and oxygen atoms in total. The van der Waals surface area contributed by atoms with Gasteiger partial charge in [0, 0.05) is 22.9 Å². The van der Waals surface area contributed by atoms with Crippen LogP contribution >= 0.6 is 0 Å². The fraction of sp³-hybridized carbons (Fsp3) is 0.0968. The summed E-state index contributed by atoms with van der Waals surface area (Å²) in [4.78, 5) is 41.9. The average Bonchev–Trinajstić information content (AvgIpc) is 3.01. The van der Waals surface area contributed by atoms with Crippen LogP contribution in [-0.4, -0.2) is 39.9 Å². The molecular formula is C31H24FN5O6. The summed E-state index contributed by atoms with van der Waals surface area (Å²) in [7, 11) is 0. The second kappa shape index (κ2) is 12.7. The molecule has 216 valence electrons. The number of ether oxygens (including phenoxy) is 2. The minimum atomic E-state index is -0.674. The zero-order valence-corrected chi connectivity index (χ0v) is 22.8. The van der Waals surface area contributed by atoms with Crippen LogP contribution in [0.15, 0.2) is 101 Å². The van der Waals surface area contributed by atoms with E-state index >= 15 is 0 Å². The van der Waals surface area contributed by atoms with Crippen LogP contribution < -0.4 is 20.3 Å². The molecule has 12 heteroatoms. The highest BCUT2D eigenvalue weighted by atomic mass is 19.1. The van der Waals surface area contributed by atoms with E-state index in [4.69, 9.17) is 9.47 Å². The fourth-order valence-electron chi connectivity index (χ4n) is 4.22. The maximum atomic E-state index is 13.4. The summed E-state index contributed by atoms with van der Waals surface area (Å²) < 4.78 is 25.4. The first-order valence-electron chi connectivity index (χ1n) is 13.1. The first-order chi connectivity index (χ1) is 20.8. The van der Waals surface area contributed by atoms with Crippen molar-refractivity contribution in [3.05, 3.63) is 123 Å². The van der Waals surface area contributed by atoms with Gasteiger partial charge < -0.3 is 14.8 Å². The van der Waals surface area contributed by atoms with E-state index in [1.165, 1.54) is 42.6 Å². The molecule has 0 aliphatic heterocycles. The van der Waals surface area contributed by atoms with Gasteiger partial charge in [0.15, 0.2) is 18.2 Å². The molecule has 5 aromatic rings. The van der Waals surface area contributed by atoms with Gasteiger partial charge in [-0.1, -0.05) is 42.5 Å². The van der Waals surface area contributed by atoms with Gasteiger partial charge in [0.05, 0.1) is 28.6 Å². The number of nitro benzene ring substituents is 1. The van der Waals surface area contributed by atoms with Crippen LogP contribution in [0.25, 0.3) is 22.3 Å². The third-order valence-electron chi connectivity index (χ3n) is 6.14. The summed E-state index contributed by atoms with van der Waals surface area (Å²) in [5.74, 6) is -1.06. The van der Waals surface area contributed by atoms with Crippen LogP contribution in [-0.2, 0) is 4.79 Å². The summed E-state index contributed by atoms with van der Waals surface area (Å²) >= 11 is 0. The molecule has 4 aromatic carbocycles. The van der Waals surface area contributed by atoms with Gasteiger partial charge in [-0.2, -0.15) is 9.78 Å². The van der Waals surface area contributed by atoms with Crippen LogP contribution in [0.4, 0.5) is 15.8 Å². The summed E-state index contributed by atoms with van der Waals surface area (Å²) in [6.45, 7) is 1.25. The second-order valence-corrected chi connectivity index (χ2v) is 9.08. The molecule has 0 saturated carbocycles. The van der Waals surface area contributed by atoms with Crippen LogP contribution in [0.5, 0.6) is 11.5 Å². The molecule has 0 bridgehead atoms. The van der Waals surface area contributed by atoms with E-state index in [9.17, 15) is 24.1 Å². The number of nitrogens with zero attached hydrogens (tertiary/aromatic N) is 4. The number of hydrogen-bond donors (Lipinski definition) is 1. The van der Waals surface area contributed by atoms with Crippen LogP contribution in [0.2, 0.25) is 0 Å². The van der Waals surface area contributed by atoms with Gasteiger partial charge in [0.2, 0.25) is 5.75 Å². The van der Waals surface area contributed by atoms with Crippen molar-refractivity contribution in [3.8, 4) is 22.9 Å². The van der Waals surface area contributed by atoms with Crippen LogP contribution in [0.3, 0.4) is 0 Å². The fourth-order valence-corrected chi connectivity index (χ4v) is 4.22. The number of amides is 1. The number of aromatic nitrogens is 2. The summed E-state index contributed by atoms with van der Waals surface area (Å²) in [6.07, 6.45) is 1.28. The average molecular weight is 582 g/mol. The number of anilines is 1. The molecule has 5 rings (SSSR count). The summed E-state index contributed by atoms with van der Waals surface area (Å²) in [5, 5.41) is 19.3. The van der Waals surface area contributed by atoms with Crippen molar-refractivity contribution in [1.29, 1.82) is 0 Å². The molecule has 1 aromatic heterocycles. The van der Waals surface area contributed by atoms with Crippen molar-refractivity contribution in [2.24, 2.45) is 5.10 Å². The maximum absolute atomic E-state index is 13.4. The van der Waals surface area contributed by atoms with Gasteiger partial charge in [-0.3, -0.25) is 19.7 Å². The molecule has 0 spiro atoms. The molecule has 0 aliphatic rings. The smallest absolute Gasteiger partial charge is 0.315 e. The SMILES string of the molecule is CCOc1cc(C=Nn2c(-c3ccccc3)nc3ccccc3c2=O)cc([N+](=O)[O-])c1OCC(=O)Nc1ccc(F)cc1. The quantitative estimate of drug-likeness (QED) is 0.132. The molecule has 0 saturated heterocycles.